The molecule has 0 bridgehead atoms. The van der Waals surface area contributed by atoms with E-state index in [9.17, 15) is 18.0 Å². The highest BCUT2D eigenvalue weighted by Crippen LogP contribution is 2.32. The lowest BCUT2D eigenvalue weighted by atomic mass is 10.1. The molecule has 10 heteroatoms. The highest BCUT2D eigenvalue weighted by molar-refractivity contribution is 7.15. The van der Waals surface area contributed by atoms with E-state index < -0.39 is 17.6 Å². The van der Waals surface area contributed by atoms with Gasteiger partial charge in [-0.25, -0.2) is 4.98 Å². The first-order chi connectivity index (χ1) is 14.1. The van der Waals surface area contributed by atoms with Crippen LogP contribution in [0.1, 0.15) is 21.6 Å². The molecule has 156 valence electrons. The van der Waals surface area contributed by atoms with E-state index >= 15 is 0 Å². The average Bonchev–Trinajstić information content (AvgIpc) is 3.10. The summed E-state index contributed by atoms with van der Waals surface area (Å²) in [5.41, 5.74) is 0.171. The molecule has 0 unspecified atom stereocenters. The van der Waals surface area contributed by atoms with Gasteiger partial charge in [0, 0.05) is 28.6 Å². The summed E-state index contributed by atoms with van der Waals surface area (Å²) in [5, 5.41) is 3.94. The Balaban J connectivity index is 1.65. The molecule has 0 saturated carbocycles. The minimum atomic E-state index is -4.50. The fourth-order valence-electron chi connectivity index (χ4n) is 2.46. The van der Waals surface area contributed by atoms with Gasteiger partial charge in [0.1, 0.15) is 0 Å². The third-order valence-electron chi connectivity index (χ3n) is 3.88. The molecule has 3 nitrogen and oxygen atoms in total. The number of hydrogen-bond donors (Lipinski definition) is 1. The number of carbonyl (C=O) groups is 1. The van der Waals surface area contributed by atoms with Gasteiger partial charge in [-0.2, -0.15) is 13.2 Å². The monoisotopic (exact) mass is 490 g/mol. The van der Waals surface area contributed by atoms with E-state index in [1.807, 2.05) is 6.07 Å². The van der Waals surface area contributed by atoms with Gasteiger partial charge in [-0.3, -0.25) is 10.1 Å². The van der Waals surface area contributed by atoms with Crippen LogP contribution in [0.25, 0.3) is 6.08 Å². The normalized spacial score (nSPS) is 11.8. The van der Waals surface area contributed by atoms with Gasteiger partial charge in [0.05, 0.1) is 15.6 Å². The number of carbonyl (C=O) groups excluding carboxylic acids is 1. The molecule has 0 saturated heterocycles. The highest BCUT2D eigenvalue weighted by atomic mass is 35.5. The number of hydrogen-bond acceptors (Lipinski definition) is 3. The van der Waals surface area contributed by atoms with Crippen molar-refractivity contribution in [1.29, 1.82) is 0 Å². The summed E-state index contributed by atoms with van der Waals surface area (Å²) in [7, 11) is 0. The molecule has 0 aliphatic carbocycles. The number of benzene rings is 2. The van der Waals surface area contributed by atoms with Gasteiger partial charge in [-0.15, -0.1) is 11.3 Å². The molecular weight excluding hydrogens is 480 g/mol. The Hall–Kier alpha value is -2.06. The van der Waals surface area contributed by atoms with Crippen LogP contribution in [0.4, 0.5) is 18.3 Å². The molecule has 30 heavy (non-hydrogen) atoms. The molecular formula is C20H12Cl3F3N2OS. The van der Waals surface area contributed by atoms with E-state index in [2.05, 4.69) is 10.3 Å². The van der Waals surface area contributed by atoms with Crippen LogP contribution in [0.5, 0.6) is 0 Å². The number of halogens is 6. The Bertz CT molecular complexity index is 1110. The Labute approximate surface area is 189 Å². The average molecular weight is 492 g/mol. The van der Waals surface area contributed by atoms with Gasteiger partial charge in [-0.1, -0.05) is 40.9 Å². The highest BCUT2D eigenvalue weighted by Gasteiger charge is 2.30. The van der Waals surface area contributed by atoms with Crippen LogP contribution in [0.2, 0.25) is 15.1 Å². The van der Waals surface area contributed by atoms with Crippen molar-refractivity contribution in [2.24, 2.45) is 0 Å². The van der Waals surface area contributed by atoms with Crippen LogP contribution < -0.4 is 5.32 Å². The molecule has 1 heterocycles. The molecule has 3 aromatic rings. The summed E-state index contributed by atoms with van der Waals surface area (Å²) in [6.45, 7) is 0. The van der Waals surface area contributed by atoms with E-state index in [-0.39, 0.29) is 10.6 Å². The second-order valence-electron chi connectivity index (χ2n) is 6.11. The van der Waals surface area contributed by atoms with Crippen molar-refractivity contribution in [1.82, 2.24) is 4.98 Å². The number of nitrogens with one attached hydrogen (secondary N) is 1. The summed E-state index contributed by atoms with van der Waals surface area (Å²) in [4.78, 5) is 17.1. The lowest BCUT2D eigenvalue weighted by Crippen LogP contribution is -2.07. The minimum absolute atomic E-state index is 0.0843. The fourth-order valence-corrected chi connectivity index (χ4v) is 3.81. The van der Waals surface area contributed by atoms with Gasteiger partial charge in [0.25, 0.3) is 0 Å². The zero-order valence-corrected chi connectivity index (χ0v) is 18.0. The summed E-state index contributed by atoms with van der Waals surface area (Å²) < 4.78 is 38.5. The van der Waals surface area contributed by atoms with Crippen LogP contribution in [0, 0.1) is 0 Å². The molecule has 3 rings (SSSR count). The summed E-state index contributed by atoms with van der Waals surface area (Å²) >= 11 is 19.1. The SMILES string of the molecule is O=C(/C=C/c1cc(C(F)(F)F)ccc1Cl)Nc1ncc(Cc2ccc(Cl)c(Cl)c2)s1. The second-order valence-corrected chi connectivity index (χ2v) is 8.45. The van der Waals surface area contributed by atoms with E-state index in [0.29, 0.717) is 21.6 Å². The number of alkyl halides is 3. The van der Waals surface area contributed by atoms with Crippen LogP contribution >= 0.6 is 46.1 Å². The summed E-state index contributed by atoms with van der Waals surface area (Å²) in [6, 6.07) is 8.19. The molecule has 1 aromatic heterocycles. The number of anilines is 1. The first-order valence-corrected chi connectivity index (χ1v) is 10.3. The smallest absolute Gasteiger partial charge is 0.298 e. The van der Waals surface area contributed by atoms with Crippen molar-refractivity contribution in [2.45, 2.75) is 12.6 Å². The molecule has 0 aliphatic rings. The first-order valence-electron chi connectivity index (χ1n) is 8.36. The topological polar surface area (TPSA) is 42.0 Å². The molecule has 1 amide bonds. The van der Waals surface area contributed by atoms with E-state index in [4.69, 9.17) is 34.8 Å². The van der Waals surface area contributed by atoms with Crippen molar-refractivity contribution < 1.29 is 18.0 Å². The van der Waals surface area contributed by atoms with Crippen molar-refractivity contribution in [3.8, 4) is 0 Å². The third kappa shape index (κ3) is 5.98. The lowest BCUT2D eigenvalue weighted by molar-refractivity contribution is -0.137. The second kappa shape index (κ2) is 9.39. The van der Waals surface area contributed by atoms with Gasteiger partial charge in [0.2, 0.25) is 5.91 Å². The fraction of sp³-hybridized carbons (Fsp3) is 0.100. The number of amides is 1. The molecule has 0 radical (unpaired) electrons. The van der Waals surface area contributed by atoms with Crippen LogP contribution in [0.3, 0.4) is 0 Å². The molecule has 2 aromatic carbocycles. The predicted molar refractivity (Wildman–Crippen MR) is 115 cm³/mol. The molecule has 1 N–H and O–H groups in total. The summed E-state index contributed by atoms with van der Waals surface area (Å²) in [5.74, 6) is -0.543. The predicted octanol–water partition coefficient (Wildman–Crippen LogP) is 7.36. The maximum Gasteiger partial charge on any atom is 0.416 e. The van der Waals surface area contributed by atoms with Gasteiger partial charge in [-0.05, 0) is 47.5 Å². The molecule has 0 fully saturated rings. The van der Waals surface area contributed by atoms with Crippen molar-refractivity contribution in [3.05, 3.63) is 85.3 Å². The Kier molecular flexibility index (Phi) is 7.08. The number of rotatable bonds is 5. The number of nitrogens with zero attached hydrogens (tertiary/aromatic N) is 1. The number of aromatic nitrogens is 1. The van der Waals surface area contributed by atoms with E-state index in [1.165, 1.54) is 17.4 Å². The third-order valence-corrected chi connectivity index (χ3v) is 5.88. The first kappa shape index (κ1) is 22.6. The molecule has 0 atom stereocenters. The molecule has 0 spiro atoms. The van der Waals surface area contributed by atoms with Gasteiger partial charge < -0.3 is 0 Å². The van der Waals surface area contributed by atoms with E-state index in [1.54, 1.807) is 18.3 Å². The van der Waals surface area contributed by atoms with Crippen LogP contribution in [-0.2, 0) is 17.4 Å². The largest absolute Gasteiger partial charge is 0.416 e. The zero-order valence-electron chi connectivity index (χ0n) is 14.9. The molecule has 0 aliphatic heterocycles. The van der Waals surface area contributed by atoms with Crippen LogP contribution in [0.15, 0.2) is 48.7 Å². The zero-order chi connectivity index (χ0) is 21.9. The lowest BCUT2D eigenvalue weighted by Gasteiger charge is -2.08. The Morgan fingerprint density at radius 1 is 1.07 bits per heavy atom. The Morgan fingerprint density at radius 3 is 2.50 bits per heavy atom. The minimum Gasteiger partial charge on any atom is -0.298 e. The maximum atomic E-state index is 12.8. The van der Waals surface area contributed by atoms with Crippen molar-refractivity contribution >= 4 is 63.3 Å². The van der Waals surface area contributed by atoms with Crippen molar-refractivity contribution in [2.75, 3.05) is 5.32 Å². The van der Waals surface area contributed by atoms with Gasteiger partial charge in [0.15, 0.2) is 5.13 Å². The van der Waals surface area contributed by atoms with Gasteiger partial charge >= 0.3 is 6.18 Å². The summed E-state index contributed by atoms with van der Waals surface area (Å²) in [6.07, 6.45) is -0.00410. The number of thiazole rings is 1. The Morgan fingerprint density at radius 2 is 1.80 bits per heavy atom. The van der Waals surface area contributed by atoms with Crippen molar-refractivity contribution in [3.63, 3.8) is 0 Å². The maximum absolute atomic E-state index is 12.8. The quantitative estimate of drug-likeness (QED) is 0.379. The van der Waals surface area contributed by atoms with Crippen LogP contribution in [-0.4, -0.2) is 10.9 Å². The standard InChI is InChI=1S/C20H12Cl3F3N2OS/c21-15-5-3-13(20(24,25)26)9-12(15)2-6-18(29)28-19-27-10-14(30-19)7-11-1-4-16(22)17(23)8-11/h1-6,8-10H,7H2,(H,27,28,29)/b6-2+. The van der Waals surface area contributed by atoms with E-state index in [0.717, 1.165) is 34.7 Å².